The van der Waals surface area contributed by atoms with Crippen LogP contribution in [0.2, 0.25) is 0 Å². The lowest BCUT2D eigenvalue weighted by atomic mass is 10.1. The number of rotatable bonds is 1. The van der Waals surface area contributed by atoms with Crippen LogP contribution in [0.25, 0.3) is 0 Å². The van der Waals surface area contributed by atoms with Gasteiger partial charge in [0, 0.05) is 14.1 Å². The van der Waals surface area contributed by atoms with Gasteiger partial charge < -0.3 is 0 Å². The summed E-state index contributed by atoms with van der Waals surface area (Å²) >= 11 is 0. The van der Waals surface area contributed by atoms with Crippen LogP contribution >= 0.6 is 0 Å². The highest BCUT2D eigenvalue weighted by Crippen LogP contribution is 2.22. The fourth-order valence-corrected chi connectivity index (χ4v) is 1.54. The lowest BCUT2D eigenvalue weighted by Gasteiger charge is -2.20. The summed E-state index contributed by atoms with van der Waals surface area (Å²) in [6, 6.07) is 6.84. The number of hydrazine groups is 1. The van der Waals surface area contributed by atoms with E-state index in [1.165, 1.54) is 5.01 Å². The van der Waals surface area contributed by atoms with Crippen molar-refractivity contribution in [2.75, 3.05) is 14.1 Å². The summed E-state index contributed by atoms with van der Waals surface area (Å²) in [5, 5.41) is 2.62. The minimum Gasteiger partial charge on any atom is -0.267 e. The van der Waals surface area contributed by atoms with E-state index in [2.05, 4.69) is 0 Å². The Balaban J connectivity index is 2.54. The smallest absolute Gasteiger partial charge is 0.267 e. The van der Waals surface area contributed by atoms with Gasteiger partial charge in [0.05, 0.1) is 11.1 Å². The van der Waals surface area contributed by atoms with Crippen molar-refractivity contribution in [3.8, 4) is 0 Å². The van der Waals surface area contributed by atoms with Gasteiger partial charge in [0.1, 0.15) is 0 Å². The maximum atomic E-state index is 11.7. The summed E-state index contributed by atoms with van der Waals surface area (Å²) < 4.78 is 0. The first-order valence-electron chi connectivity index (χ1n) is 4.28. The lowest BCUT2D eigenvalue weighted by molar-refractivity contribution is 0.0234. The van der Waals surface area contributed by atoms with Crippen LogP contribution in [0.15, 0.2) is 24.3 Å². The van der Waals surface area contributed by atoms with Gasteiger partial charge in [-0.05, 0) is 12.1 Å². The third kappa shape index (κ3) is 1.04. The zero-order valence-corrected chi connectivity index (χ0v) is 8.02. The maximum Gasteiger partial charge on any atom is 0.276 e. The van der Waals surface area contributed by atoms with Crippen LogP contribution in [0.1, 0.15) is 20.7 Å². The highest BCUT2D eigenvalue weighted by molar-refractivity contribution is 6.20. The fraction of sp³-hybridized carbons (Fsp3) is 0.200. The van der Waals surface area contributed by atoms with Crippen LogP contribution in [-0.4, -0.2) is 35.9 Å². The molecule has 4 heteroatoms. The first-order valence-corrected chi connectivity index (χ1v) is 4.28. The minimum atomic E-state index is -0.254. The molecule has 0 atom stereocenters. The highest BCUT2D eigenvalue weighted by Gasteiger charge is 2.36. The Kier molecular flexibility index (Phi) is 1.86. The zero-order valence-electron chi connectivity index (χ0n) is 8.02. The summed E-state index contributed by atoms with van der Waals surface area (Å²) in [5.74, 6) is -0.508. The summed E-state index contributed by atoms with van der Waals surface area (Å²) in [4.78, 5) is 23.4. The van der Waals surface area contributed by atoms with E-state index in [0.717, 1.165) is 5.01 Å². The molecule has 4 nitrogen and oxygen atoms in total. The van der Waals surface area contributed by atoms with Crippen LogP contribution in [0, 0.1) is 0 Å². The molecule has 0 saturated carbocycles. The summed E-state index contributed by atoms with van der Waals surface area (Å²) in [7, 11) is 3.34. The molecule has 1 aromatic carbocycles. The quantitative estimate of drug-likeness (QED) is 0.614. The van der Waals surface area contributed by atoms with Crippen molar-refractivity contribution in [1.29, 1.82) is 0 Å². The van der Waals surface area contributed by atoms with Gasteiger partial charge in [-0.25, -0.2) is 10.0 Å². The molecule has 2 rings (SSSR count). The minimum absolute atomic E-state index is 0.254. The van der Waals surface area contributed by atoms with E-state index < -0.39 is 0 Å². The van der Waals surface area contributed by atoms with E-state index in [4.69, 9.17) is 0 Å². The molecule has 0 radical (unpaired) electrons. The van der Waals surface area contributed by atoms with Crippen LogP contribution in [0.5, 0.6) is 0 Å². The molecule has 14 heavy (non-hydrogen) atoms. The average molecular weight is 190 g/mol. The number of carbonyl (C=O) groups excluding carboxylic acids is 2. The second-order valence-corrected chi connectivity index (χ2v) is 3.31. The molecular formula is C10H10N2O2. The molecule has 1 heterocycles. The third-order valence-corrected chi connectivity index (χ3v) is 2.17. The van der Waals surface area contributed by atoms with Crippen LogP contribution in [0.3, 0.4) is 0 Å². The largest absolute Gasteiger partial charge is 0.276 e. The average Bonchev–Trinajstić information content (AvgIpc) is 2.41. The summed E-state index contributed by atoms with van der Waals surface area (Å²) in [5.41, 5.74) is 0.956. The van der Waals surface area contributed by atoms with Gasteiger partial charge >= 0.3 is 0 Å². The van der Waals surface area contributed by atoms with Crippen molar-refractivity contribution in [3.63, 3.8) is 0 Å². The van der Waals surface area contributed by atoms with Crippen molar-refractivity contribution < 1.29 is 9.59 Å². The molecule has 0 N–H and O–H groups in total. The molecule has 72 valence electrons. The Morgan fingerprint density at radius 2 is 1.43 bits per heavy atom. The molecule has 1 aliphatic heterocycles. The Bertz CT molecular complexity index is 377. The third-order valence-electron chi connectivity index (χ3n) is 2.17. The molecule has 1 aliphatic rings. The second-order valence-electron chi connectivity index (χ2n) is 3.31. The molecule has 0 aromatic heterocycles. The Hall–Kier alpha value is -1.68. The van der Waals surface area contributed by atoms with Gasteiger partial charge in [-0.2, -0.15) is 0 Å². The van der Waals surface area contributed by atoms with Gasteiger partial charge in [-0.15, -0.1) is 0 Å². The number of amides is 2. The topological polar surface area (TPSA) is 40.6 Å². The van der Waals surface area contributed by atoms with Gasteiger partial charge in [0.25, 0.3) is 11.8 Å². The molecule has 1 aromatic rings. The molecule has 0 bridgehead atoms. The van der Waals surface area contributed by atoms with E-state index in [9.17, 15) is 9.59 Å². The number of nitrogens with zero attached hydrogens (tertiary/aromatic N) is 2. The van der Waals surface area contributed by atoms with E-state index in [-0.39, 0.29) is 11.8 Å². The Labute approximate surface area is 81.7 Å². The molecular weight excluding hydrogens is 180 g/mol. The number of hydrogen-bond donors (Lipinski definition) is 0. The van der Waals surface area contributed by atoms with Gasteiger partial charge in [0.2, 0.25) is 0 Å². The number of carbonyl (C=O) groups is 2. The number of fused-ring (bicyclic) bond motifs is 1. The fourth-order valence-electron chi connectivity index (χ4n) is 1.54. The summed E-state index contributed by atoms with van der Waals surface area (Å²) in [6.07, 6.45) is 0. The van der Waals surface area contributed by atoms with E-state index in [0.29, 0.717) is 11.1 Å². The van der Waals surface area contributed by atoms with Crippen LogP contribution in [0.4, 0.5) is 0 Å². The standard InChI is InChI=1S/C10H10N2O2/c1-11(2)12-9(13)7-5-3-4-6-8(7)10(12)14/h3-6H,1-2H3. The molecule has 0 saturated heterocycles. The van der Waals surface area contributed by atoms with E-state index in [1.807, 2.05) is 0 Å². The molecule has 0 spiro atoms. The molecule has 0 aliphatic carbocycles. The van der Waals surface area contributed by atoms with Gasteiger partial charge in [-0.1, -0.05) is 12.1 Å². The van der Waals surface area contributed by atoms with Gasteiger partial charge in [0.15, 0.2) is 0 Å². The lowest BCUT2D eigenvalue weighted by Crippen LogP contribution is -2.41. The predicted molar refractivity (Wildman–Crippen MR) is 50.6 cm³/mol. The Morgan fingerprint density at radius 3 is 1.79 bits per heavy atom. The van der Waals surface area contributed by atoms with Crippen molar-refractivity contribution >= 4 is 11.8 Å². The van der Waals surface area contributed by atoms with Gasteiger partial charge in [-0.3, -0.25) is 9.59 Å². The number of hydrogen-bond acceptors (Lipinski definition) is 3. The van der Waals surface area contributed by atoms with Crippen molar-refractivity contribution in [1.82, 2.24) is 10.0 Å². The zero-order chi connectivity index (χ0) is 10.3. The normalized spacial score (nSPS) is 15.2. The maximum absolute atomic E-state index is 11.7. The van der Waals surface area contributed by atoms with Crippen molar-refractivity contribution in [2.24, 2.45) is 0 Å². The highest BCUT2D eigenvalue weighted by atomic mass is 16.2. The van der Waals surface area contributed by atoms with Crippen LogP contribution < -0.4 is 0 Å². The Morgan fingerprint density at radius 1 is 1.00 bits per heavy atom. The van der Waals surface area contributed by atoms with Crippen molar-refractivity contribution in [3.05, 3.63) is 35.4 Å². The van der Waals surface area contributed by atoms with E-state index in [1.54, 1.807) is 38.4 Å². The van der Waals surface area contributed by atoms with Crippen LogP contribution in [-0.2, 0) is 0 Å². The predicted octanol–water partition coefficient (Wildman–Crippen LogP) is 0.759. The molecule has 0 fully saturated rings. The van der Waals surface area contributed by atoms with E-state index >= 15 is 0 Å². The van der Waals surface area contributed by atoms with Crippen molar-refractivity contribution in [2.45, 2.75) is 0 Å². The monoisotopic (exact) mass is 190 g/mol. The molecule has 2 amide bonds. The SMILES string of the molecule is CN(C)N1C(=O)c2ccccc2C1=O. The summed E-state index contributed by atoms with van der Waals surface area (Å²) in [6.45, 7) is 0. The first-order chi connectivity index (χ1) is 6.63. The first kappa shape index (κ1) is 8.90. The number of imide groups is 1. The molecule has 0 unspecified atom stereocenters. The number of benzene rings is 1. The second kappa shape index (κ2) is 2.92.